The third-order valence-electron chi connectivity index (χ3n) is 6.08. The molecule has 1 aliphatic heterocycles. The average molecular weight is 830 g/mol. The number of carbonyl (C=O) groups excluding carboxylic acids is 2. The number of nitrogens with one attached hydrogen (secondary N) is 2. The quantitative estimate of drug-likeness (QED) is 0.172. The molecule has 0 aromatic heterocycles. The fraction of sp³-hybridized carbons (Fsp3) is 0.481. The molecule has 1 amide bonds. The summed E-state index contributed by atoms with van der Waals surface area (Å²) in [4.78, 5) is 25.5. The van der Waals surface area contributed by atoms with Gasteiger partial charge >= 0.3 is 12.1 Å². The number of carbonyl (C=O) groups is 2. The molecule has 2 N–H and O–H groups in total. The van der Waals surface area contributed by atoms with Gasteiger partial charge in [0.05, 0.1) is 11.6 Å². The minimum absolute atomic E-state index is 0.237. The van der Waals surface area contributed by atoms with Crippen LogP contribution in [0.4, 0.5) is 10.5 Å². The predicted octanol–water partition coefficient (Wildman–Crippen LogP) is 7.49. The van der Waals surface area contributed by atoms with Gasteiger partial charge in [0.2, 0.25) is 0 Å². The lowest BCUT2D eigenvalue weighted by Gasteiger charge is -2.23. The van der Waals surface area contributed by atoms with Gasteiger partial charge in [-0.3, -0.25) is 10.1 Å². The van der Waals surface area contributed by atoms with E-state index in [-0.39, 0.29) is 11.9 Å². The van der Waals surface area contributed by atoms with Crippen LogP contribution in [0.1, 0.15) is 64.0 Å². The normalized spacial score (nSPS) is 15.3. The molecule has 1 heterocycles. The summed E-state index contributed by atoms with van der Waals surface area (Å²) in [6, 6.07) is 9.99. The fourth-order valence-electron chi connectivity index (χ4n) is 4.14. The predicted molar refractivity (Wildman–Crippen MR) is 169 cm³/mol. The van der Waals surface area contributed by atoms with Crippen LogP contribution in [-0.4, -0.2) is 30.8 Å². The highest BCUT2D eigenvalue weighted by molar-refractivity contribution is 14.1. The van der Waals surface area contributed by atoms with Crippen LogP contribution in [0.5, 0.6) is 5.75 Å². The number of piperidine rings is 1. The van der Waals surface area contributed by atoms with E-state index in [9.17, 15) is 9.59 Å². The maximum absolute atomic E-state index is 13.1. The summed E-state index contributed by atoms with van der Waals surface area (Å²) in [5, 5.41) is 6.29. The highest BCUT2D eigenvalue weighted by atomic mass is 127. The molecule has 36 heavy (non-hydrogen) atoms. The van der Waals surface area contributed by atoms with Crippen LogP contribution < -0.4 is 15.4 Å². The maximum Gasteiger partial charge on any atom is 0.412 e. The Kier molecular flexibility index (Phi) is 11.1. The average Bonchev–Trinajstić information content (AvgIpc) is 2.81. The van der Waals surface area contributed by atoms with Crippen molar-refractivity contribution in [1.29, 1.82) is 0 Å². The van der Waals surface area contributed by atoms with Crippen LogP contribution in [-0.2, 0) is 16.0 Å². The van der Waals surface area contributed by atoms with E-state index < -0.39 is 11.7 Å². The van der Waals surface area contributed by atoms with Crippen molar-refractivity contribution in [3.05, 3.63) is 52.2 Å². The zero-order valence-corrected chi connectivity index (χ0v) is 27.5. The standard InChI is InChI=1S/C27H33I3N2O4/c1-5-16(25(33)35-19-8-6-17(7-9-19)18-10-12-31-13-11-18)14-20-21(28)15-22(29)24(23(20)30)32-26(34)36-27(2,3)4/h6-9,15-16,18,31H,5,10-14H2,1-4H3,(H,32,34). The summed E-state index contributed by atoms with van der Waals surface area (Å²) in [5.74, 6) is 0.604. The first-order chi connectivity index (χ1) is 17.0. The molecule has 196 valence electrons. The Hall–Kier alpha value is -0.670. The second-order valence-electron chi connectivity index (χ2n) is 9.96. The Morgan fingerprint density at radius 2 is 1.72 bits per heavy atom. The second-order valence-corrected chi connectivity index (χ2v) is 13.4. The Balaban J connectivity index is 1.72. The fourth-order valence-corrected chi connectivity index (χ4v) is 8.22. The van der Waals surface area contributed by atoms with Crippen LogP contribution in [0, 0.1) is 16.6 Å². The molecular formula is C27H33I3N2O4. The van der Waals surface area contributed by atoms with Gasteiger partial charge in [0, 0.05) is 10.7 Å². The van der Waals surface area contributed by atoms with Crippen molar-refractivity contribution < 1.29 is 19.1 Å². The van der Waals surface area contributed by atoms with E-state index >= 15 is 0 Å². The summed E-state index contributed by atoms with van der Waals surface area (Å²) >= 11 is 6.76. The molecule has 3 rings (SSSR count). The highest BCUT2D eigenvalue weighted by Gasteiger charge is 2.25. The molecule has 1 aliphatic rings. The lowest BCUT2D eigenvalue weighted by molar-refractivity contribution is -0.139. The Labute approximate surface area is 254 Å². The molecule has 0 spiro atoms. The van der Waals surface area contributed by atoms with Gasteiger partial charge in [-0.25, -0.2) is 4.79 Å². The third-order valence-corrected chi connectivity index (χ3v) is 9.08. The first-order valence-corrected chi connectivity index (χ1v) is 15.4. The number of ether oxygens (including phenoxy) is 2. The Morgan fingerprint density at radius 3 is 2.31 bits per heavy atom. The van der Waals surface area contributed by atoms with Gasteiger partial charge < -0.3 is 14.8 Å². The molecule has 0 aliphatic carbocycles. The summed E-state index contributed by atoms with van der Waals surface area (Å²) in [5.41, 5.74) is 2.44. The van der Waals surface area contributed by atoms with Crippen LogP contribution in [0.15, 0.2) is 30.3 Å². The largest absolute Gasteiger partial charge is 0.444 e. The topological polar surface area (TPSA) is 76.7 Å². The van der Waals surface area contributed by atoms with Gasteiger partial charge in [0.15, 0.2) is 0 Å². The van der Waals surface area contributed by atoms with Gasteiger partial charge in [-0.2, -0.15) is 0 Å². The number of hydrogen-bond donors (Lipinski definition) is 2. The summed E-state index contributed by atoms with van der Waals surface area (Å²) in [6.45, 7) is 9.59. The van der Waals surface area contributed by atoms with Crippen molar-refractivity contribution in [2.45, 2.75) is 64.9 Å². The first kappa shape index (κ1) is 29.9. The summed E-state index contributed by atoms with van der Waals surface area (Å²) < 4.78 is 14.1. The van der Waals surface area contributed by atoms with Gasteiger partial charge in [-0.05, 0) is 163 Å². The van der Waals surface area contributed by atoms with E-state index in [2.05, 4.69) is 90.5 Å². The minimum Gasteiger partial charge on any atom is -0.444 e. The number of hydrogen-bond acceptors (Lipinski definition) is 5. The molecule has 2 aromatic rings. The first-order valence-electron chi connectivity index (χ1n) is 12.2. The number of benzene rings is 2. The Bertz CT molecular complexity index is 1080. The second kappa shape index (κ2) is 13.4. The lowest BCUT2D eigenvalue weighted by atomic mass is 9.90. The van der Waals surface area contributed by atoms with E-state index in [4.69, 9.17) is 9.47 Å². The van der Waals surface area contributed by atoms with Crippen molar-refractivity contribution in [3.63, 3.8) is 0 Å². The molecule has 1 unspecified atom stereocenters. The summed E-state index contributed by atoms with van der Waals surface area (Å²) in [7, 11) is 0. The van der Waals surface area contributed by atoms with Crippen molar-refractivity contribution in [1.82, 2.24) is 5.32 Å². The number of amides is 1. The van der Waals surface area contributed by atoms with E-state index in [1.165, 1.54) is 5.56 Å². The lowest BCUT2D eigenvalue weighted by Crippen LogP contribution is -2.28. The van der Waals surface area contributed by atoms with E-state index in [0.29, 0.717) is 30.2 Å². The maximum atomic E-state index is 13.1. The van der Waals surface area contributed by atoms with E-state index in [1.54, 1.807) is 0 Å². The highest BCUT2D eigenvalue weighted by Crippen LogP contribution is 2.34. The number of halogens is 3. The van der Waals surface area contributed by atoms with E-state index in [0.717, 1.165) is 42.2 Å². The minimum atomic E-state index is -0.587. The number of esters is 1. The van der Waals surface area contributed by atoms with Gasteiger partial charge in [-0.1, -0.05) is 19.1 Å². The molecule has 6 nitrogen and oxygen atoms in total. The zero-order chi connectivity index (χ0) is 26.5. The van der Waals surface area contributed by atoms with Crippen LogP contribution in [0.25, 0.3) is 0 Å². The molecule has 2 aromatic carbocycles. The monoisotopic (exact) mass is 830 g/mol. The van der Waals surface area contributed by atoms with Crippen molar-refractivity contribution in [2.75, 3.05) is 18.4 Å². The molecule has 1 atom stereocenters. The van der Waals surface area contributed by atoms with Gasteiger partial charge in [0.25, 0.3) is 0 Å². The molecular weight excluding hydrogens is 797 g/mol. The van der Waals surface area contributed by atoms with Crippen molar-refractivity contribution in [2.24, 2.45) is 5.92 Å². The van der Waals surface area contributed by atoms with Gasteiger partial charge in [0.1, 0.15) is 11.4 Å². The zero-order valence-electron chi connectivity index (χ0n) is 21.1. The van der Waals surface area contributed by atoms with Crippen molar-refractivity contribution >= 4 is 85.5 Å². The van der Waals surface area contributed by atoms with Crippen molar-refractivity contribution in [3.8, 4) is 5.75 Å². The molecule has 1 saturated heterocycles. The van der Waals surface area contributed by atoms with Crippen LogP contribution in [0.2, 0.25) is 0 Å². The third kappa shape index (κ3) is 8.42. The smallest absolute Gasteiger partial charge is 0.412 e. The molecule has 1 fully saturated rings. The summed E-state index contributed by atoms with van der Waals surface area (Å²) in [6.07, 6.45) is 2.95. The van der Waals surface area contributed by atoms with Crippen LogP contribution in [0.3, 0.4) is 0 Å². The molecule has 0 bridgehead atoms. The molecule has 9 heteroatoms. The Morgan fingerprint density at radius 1 is 1.08 bits per heavy atom. The molecule has 0 saturated carbocycles. The SMILES string of the molecule is CCC(Cc1c(I)cc(I)c(NC(=O)OC(C)(C)C)c1I)C(=O)Oc1ccc(C2CCNCC2)cc1. The molecule has 0 radical (unpaired) electrons. The van der Waals surface area contributed by atoms with Gasteiger partial charge in [-0.15, -0.1) is 0 Å². The van der Waals surface area contributed by atoms with E-state index in [1.807, 2.05) is 45.9 Å². The number of rotatable bonds is 7. The van der Waals surface area contributed by atoms with Crippen LogP contribution >= 0.6 is 67.8 Å². The number of anilines is 1.